The van der Waals surface area contributed by atoms with Gasteiger partial charge in [0.25, 0.3) is 0 Å². The second kappa shape index (κ2) is 10.9. The van der Waals surface area contributed by atoms with Crippen molar-refractivity contribution in [3.05, 3.63) is 58.7 Å². The maximum Gasteiger partial charge on any atom is 0.172 e. The molecule has 0 radical (unpaired) electrons. The summed E-state index contributed by atoms with van der Waals surface area (Å²) in [5.74, 6) is 1.79. The lowest BCUT2D eigenvalue weighted by molar-refractivity contribution is 0.220. The van der Waals surface area contributed by atoms with E-state index in [-0.39, 0.29) is 0 Å². The highest BCUT2D eigenvalue weighted by Gasteiger charge is 2.45. The molecule has 2 nitrogen and oxygen atoms in total. The Labute approximate surface area is 192 Å². The van der Waals surface area contributed by atoms with Gasteiger partial charge < -0.3 is 9.47 Å². The lowest BCUT2D eigenvalue weighted by Gasteiger charge is -2.40. The van der Waals surface area contributed by atoms with E-state index in [2.05, 4.69) is 91.8 Å². The molecule has 172 valence electrons. The zero-order valence-electron chi connectivity index (χ0n) is 21.5. The zero-order chi connectivity index (χ0) is 23.3. The average Bonchev–Trinajstić information content (AvgIpc) is 2.72. The summed E-state index contributed by atoms with van der Waals surface area (Å²) in [6, 6.07) is 13.8. The summed E-state index contributed by atoms with van der Waals surface area (Å²) in [4.78, 5) is 0. The van der Waals surface area contributed by atoms with Gasteiger partial charge in [0.05, 0.1) is 12.5 Å². The van der Waals surface area contributed by atoms with Gasteiger partial charge in [0.15, 0.2) is 8.07 Å². The van der Waals surface area contributed by atoms with Gasteiger partial charge in [-0.3, -0.25) is 0 Å². The van der Waals surface area contributed by atoms with E-state index in [1.54, 1.807) is 10.4 Å². The zero-order valence-corrected chi connectivity index (χ0v) is 22.5. The molecule has 3 heteroatoms. The van der Waals surface area contributed by atoms with Gasteiger partial charge in [0.1, 0.15) is 0 Å². The Bertz CT molecular complexity index is 728. The molecule has 2 aromatic carbocycles. The Morgan fingerprint density at radius 2 is 0.806 bits per heavy atom. The minimum Gasteiger partial charge on any atom is -0.387 e. The fourth-order valence-electron chi connectivity index (χ4n) is 5.16. The van der Waals surface area contributed by atoms with Gasteiger partial charge >= 0.3 is 0 Å². The maximum atomic E-state index is 6.09. The first-order valence-corrected chi connectivity index (χ1v) is 14.3. The van der Waals surface area contributed by atoms with Crippen molar-refractivity contribution in [2.75, 3.05) is 26.7 Å². The van der Waals surface area contributed by atoms with Crippen LogP contribution in [0.5, 0.6) is 0 Å². The van der Waals surface area contributed by atoms with E-state index in [1.165, 1.54) is 22.3 Å². The Balaban J connectivity index is 3.13. The Morgan fingerprint density at radius 3 is 1.00 bits per heavy atom. The van der Waals surface area contributed by atoms with E-state index in [0.717, 1.165) is 12.5 Å². The summed E-state index contributed by atoms with van der Waals surface area (Å²) in [6.45, 7) is 18.6. The third-order valence-corrected chi connectivity index (χ3v) is 11.1. The fraction of sp³-hybridized carbons (Fsp3) is 0.571. The van der Waals surface area contributed by atoms with Crippen molar-refractivity contribution in [2.45, 2.75) is 79.1 Å². The molecule has 0 atom stereocenters. The molecule has 0 heterocycles. The van der Waals surface area contributed by atoms with Gasteiger partial charge in [-0.05, 0) is 56.3 Å². The van der Waals surface area contributed by atoms with E-state index in [4.69, 9.17) is 9.47 Å². The van der Waals surface area contributed by atoms with Crippen LogP contribution in [-0.2, 0) is 9.47 Å². The summed E-state index contributed by atoms with van der Waals surface area (Å²) in [6.07, 6.45) is 1.46. The van der Waals surface area contributed by atoms with Crippen LogP contribution in [0.15, 0.2) is 36.4 Å². The summed E-state index contributed by atoms with van der Waals surface area (Å²) in [5.41, 5.74) is 5.83. The SMILES string of the molecule is COC[Si](COC)(c1c(C(C)C)cccc1C(C)C)c1c(C(C)C)cccc1C(C)C. The van der Waals surface area contributed by atoms with Crippen molar-refractivity contribution in [1.29, 1.82) is 0 Å². The highest BCUT2D eigenvalue weighted by atomic mass is 28.3. The molecule has 0 bridgehead atoms. The monoisotopic (exact) mass is 440 g/mol. The summed E-state index contributed by atoms with van der Waals surface area (Å²) >= 11 is 0. The van der Waals surface area contributed by atoms with E-state index in [0.29, 0.717) is 23.7 Å². The number of hydrogen-bond acceptors (Lipinski definition) is 2. The van der Waals surface area contributed by atoms with Crippen LogP contribution in [0.1, 0.15) is 101 Å². The van der Waals surface area contributed by atoms with Crippen LogP contribution in [0.2, 0.25) is 0 Å². The molecule has 0 saturated carbocycles. The average molecular weight is 441 g/mol. The van der Waals surface area contributed by atoms with Crippen molar-refractivity contribution in [3.8, 4) is 0 Å². The first-order chi connectivity index (χ1) is 14.6. The third-order valence-electron chi connectivity index (χ3n) is 6.48. The van der Waals surface area contributed by atoms with Crippen LogP contribution in [0, 0.1) is 0 Å². The van der Waals surface area contributed by atoms with Crippen LogP contribution in [-0.4, -0.2) is 34.8 Å². The molecule has 2 aromatic rings. The number of hydrogen-bond donors (Lipinski definition) is 0. The molecule has 0 unspecified atom stereocenters. The largest absolute Gasteiger partial charge is 0.387 e. The first kappa shape index (κ1) is 25.8. The van der Waals surface area contributed by atoms with Crippen LogP contribution >= 0.6 is 0 Å². The van der Waals surface area contributed by atoms with E-state index in [9.17, 15) is 0 Å². The van der Waals surface area contributed by atoms with Crippen molar-refractivity contribution in [3.63, 3.8) is 0 Å². The lowest BCUT2D eigenvalue weighted by atomic mass is 9.95. The van der Waals surface area contributed by atoms with Gasteiger partial charge in [-0.15, -0.1) is 0 Å². The molecular weight excluding hydrogens is 396 g/mol. The molecule has 0 saturated heterocycles. The van der Waals surface area contributed by atoms with Crippen molar-refractivity contribution in [1.82, 2.24) is 0 Å². The van der Waals surface area contributed by atoms with Gasteiger partial charge in [0.2, 0.25) is 0 Å². The second-order valence-electron chi connectivity index (χ2n) is 10.2. The second-order valence-corrected chi connectivity index (χ2v) is 13.9. The summed E-state index contributed by atoms with van der Waals surface area (Å²) in [7, 11) is 1.30. The van der Waals surface area contributed by atoms with E-state index in [1.807, 2.05) is 14.2 Å². The van der Waals surface area contributed by atoms with Crippen LogP contribution in [0.4, 0.5) is 0 Å². The van der Waals surface area contributed by atoms with Gasteiger partial charge in [-0.25, -0.2) is 0 Å². The minimum absolute atomic E-state index is 0.447. The summed E-state index contributed by atoms with van der Waals surface area (Å²) < 4.78 is 12.2. The van der Waals surface area contributed by atoms with E-state index < -0.39 is 8.07 Å². The predicted molar refractivity (Wildman–Crippen MR) is 138 cm³/mol. The first-order valence-electron chi connectivity index (χ1n) is 11.9. The molecule has 0 aliphatic carbocycles. The third kappa shape index (κ3) is 5.15. The molecule has 0 aromatic heterocycles. The molecule has 0 fully saturated rings. The van der Waals surface area contributed by atoms with Crippen LogP contribution in [0.25, 0.3) is 0 Å². The lowest BCUT2D eigenvalue weighted by Crippen LogP contribution is -2.69. The normalized spacial score (nSPS) is 12.6. The maximum absolute atomic E-state index is 6.09. The summed E-state index contributed by atoms with van der Waals surface area (Å²) in [5, 5.41) is 3.08. The highest BCUT2D eigenvalue weighted by molar-refractivity contribution is 7.03. The molecule has 0 aliphatic rings. The van der Waals surface area contributed by atoms with E-state index >= 15 is 0 Å². The van der Waals surface area contributed by atoms with Crippen molar-refractivity contribution >= 4 is 18.4 Å². The number of rotatable bonds is 10. The van der Waals surface area contributed by atoms with Crippen molar-refractivity contribution < 1.29 is 9.47 Å². The quantitative estimate of drug-likeness (QED) is 0.415. The Morgan fingerprint density at radius 1 is 0.548 bits per heavy atom. The van der Waals surface area contributed by atoms with Crippen LogP contribution < -0.4 is 10.4 Å². The Kier molecular flexibility index (Phi) is 9.11. The van der Waals surface area contributed by atoms with Gasteiger partial charge in [-0.2, -0.15) is 0 Å². The molecular formula is C28H44O2Si. The standard InChI is InChI=1S/C28H44O2Si/c1-19(2)23-13-11-14-24(20(3)4)27(23)31(17-29-9,18-30-10)28-25(21(5)6)15-12-16-26(28)22(7)8/h11-16,19-22H,17-18H2,1-10H3. The molecule has 0 spiro atoms. The molecule has 31 heavy (non-hydrogen) atoms. The molecule has 0 amide bonds. The van der Waals surface area contributed by atoms with Gasteiger partial charge in [0, 0.05) is 14.2 Å². The van der Waals surface area contributed by atoms with Crippen molar-refractivity contribution in [2.24, 2.45) is 0 Å². The Hall–Kier alpha value is -1.42. The fourth-order valence-corrected chi connectivity index (χ4v) is 10.8. The smallest absolute Gasteiger partial charge is 0.172 e. The molecule has 0 aliphatic heterocycles. The number of methoxy groups -OCH3 is 2. The van der Waals surface area contributed by atoms with Crippen LogP contribution in [0.3, 0.4) is 0 Å². The number of ether oxygens (including phenoxy) is 2. The number of benzene rings is 2. The minimum atomic E-state index is -2.42. The molecule has 0 N–H and O–H groups in total. The predicted octanol–water partition coefficient (Wildman–Crippen LogP) is 6.11. The highest BCUT2D eigenvalue weighted by Crippen LogP contribution is 2.29. The topological polar surface area (TPSA) is 18.5 Å². The molecule has 2 rings (SSSR count). The van der Waals surface area contributed by atoms with Gasteiger partial charge in [-0.1, -0.05) is 91.8 Å².